The van der Waals surface area contributed by atoms with Crippen LogP contribution in [0.3, 0.4) is 0 Å². The van der Waals surface area contributed by atoms with E-state index in [2.05, 4.69) is 28.4 Å². The first kappa shape index (κ1) is 17.5. The molecule has 5 nitrogen and oxygen atoms in total. The highest BCUT2D eigenvalue weighted by Crippen LogP contribution is 2.42. The Balaban J connectivity index is 1.36. The maximum atomic E-state index is 12.8. The Labute approximate surface area is 155 Å². The topological polar surface area (TPSA) is 58.6 Å². The molecular weight excluding hydrogens is 328 g/mol. The number of benzene rings is 1. The molecule has 1 aromatic carbocycles. The van der Waals surface area contributed by atoms with Crippen molar-refractivity contribution < 1.29 is 14.3 Å². The fourth-order valence-corrected chi connectivity index (χ4v) is 4.60. The number of carbonyl (C=O) groups excluding carboxylic acids is 2. The Bertz CT molecular complexity index is 694. The predicted octanol–water partition coefficient (Wildman–Crippen LogP) is 2.14. The molecular formula is C21H28N2O3. The van der Waals surface area contributed by atoms with Crippen LogP contribution in [-0.4, -0.2) is 43.0 Å². The zero-order valence-electron chi connectivity index (χ0n) is 15.5. The smallest absolute Gasteiger partial charge is 0.309 e. The highest BCUT2D eigenvalue weighted by atomic mass is 16.5. The summed E-state index contributed by atoms with van der Waals surface area (Å²) in [7, 11) is 0. The van der Waals surface area contributed by atoms with Gasteiger partial charge in [-0.15, -0.1) is 0 Å². The average Bonchev–Trinajstić information content (AvgIpc) is 3.43. The summed E-state index contributed by atoms with van der Waals surface area (Å²) >= 11 is 0. The Morgan fingerprint density at radius 2 is 2.00 bits per heavy atom. The van der Waals surface area contributed by atoms with Crippen molar-refractivity contribution >= 4 is 11.9 Å². The number of hydrogen-bond acceptors (Lipinski definition) is 4. The van der Waals surface area contributed by atoms with Gasteiger partial charge in [0.15, 0.2) is 0 Å². The van der Waals surface area contributed by atoms with Crippen LogP contribution >= 0.6 is 0 Å². The van der Waals surface area contributed by atoms with Crippen molar-refractivity contribution in [2.45, 2.75) is 39.2 Å². The first-order valence-electron chi connectivity index (χ1n) is 9.85. The molecule has 0 radical (unpaired) electrons. The van der Waals surface area contributed by atoms with E-state index in [-0.39, 0.29) is 23.2 Å². The van der Waals surface area contributed by atoms with E-state index in [4.69, 9.17) is 4.74 Å². The molecule has 1 saturated heterocycles. The maximum Gasteiger partial charge on any atom is 0.309 e. The van der Waals surface area contributed by atoms with Crippen LogP contribution in [0.5, 0.6) is 0 Å². The summed E-state index contributed by atoms with van der Waals surface area (Å²) < 4.78 is 5.13. The molecule has 2 fully saturated rings. The third-order valence-electron chi connectivity index (χ3n) is 6.39. The van der Waals surface area contributed by atoms with Crippen LogP contribution in [0, 0.1) is 17.3 Å². The van der Waals surface area contributed by atoms with E-state index in [0.717, 1.165) is 45.3 Å². The Morgan fingerprint density at radius 3 is 2.73 bits per heavy atom. The number of esters is 1. The van der Waals surface area contributed by atoms with E-state index >= 15 is 0 Å². The Hall–Kier alpha value is -1.88. The monoisotopic (exact) mass is 356 g/mol. The molecule has 1 aliphatic carbocycles. The summed E-state index contributed by atoms with van der Waals surface area (Å²) in [6.45, 7) is 5.78. The lowest BCUT2D eigenvalue weighted by Gasteiger charge is -2.40. The van der Waals surface area contributed by atoms with Gasteiger partial charge in [0.1, 0.15) is 0 Å². The maximum absolute atomic E-state index is 12.8. The third-order valence-corrected chi connectivity index (χ3v) is 6.39. The number of piperidine rings is 1. The van der Waals surface area contributed by atoms with Crippen molar-refractivity contribution in [1.82, 2.24) is 10.2 Å². The second-order valence-electron chi connectivity index (χ2n) is 8.06. The van der Waals surface area contributed by atoms with Gasteiger partial charge in [0.2, 0.25) is 5.91 Å². The molecule has 2 unspecified atom stereocenters. The van der Waals surface area contributed by atoms with Crippen LogP contribution in [0.4, 0.5) is 0 Å². The molecule has 1 amide bonds. The molecule has 4 rings (SSSR count). The average molecular weight is 356 g/mol. The molecule has 2 atom stereocenters. The van der Waals surface area contributed by atoms with Crippen molar-refractivity contribution in [2.75, 3.05) is 26.2 Å². The van der Waals surface area contributed by atoms with Crippen LogP contribution in [0.25, 0.3) is 0 Å². The van der Waals surface area contributed by atoms with Gasteiger partial charge in [-0.1, -0.05) is 24.3 Å². The summed E-state index contributed by atoms with van der Waals surface area (Å²) in [5.41, 5.74) is 2.28. The lowest BCUT2D eigenvalue weighted by atomic mass is 9.73. The Kier molecular flexibility index (Phi) is 4.74. The van der Waals surface area contributed by atoms with Gasteiger partial charge in [0, 0.05) is 13.1 Å². The van der Waals surface area contributed by atoms with E-state index in [9.17, 15) is 9.59 Å². The fourth-order valence-electron chi connectivity index (χ4n) is 4.60. The molecule has 0 bridgehead atoms. The summed E-state index contributed by atoms with van der Waals surface area (Å²) in [5.74, 6) is 0.709. The fraction of sp³-hybridized carbons (Fsp3) is 0.619. The normalized spacial score (nSPS) is 27.3. The van der Waals surface area contributed by atoms with Gasteiger partial charge in [-0.3, -0.25) is 9.59 Å². The minimum Gasteiger partial charge on any atom is -0.466 e. The quantitative estimate of drug-likeness (QED) is 0.840. The molecule has 3 aliphatic rings. The lowest BCUT2D eigenvalue weighted by molar-refractivity contribution is -0.145. The molecule has 26 heavy (non-hydrogen) atoms. The van der Waals surface area contributed by atoms with Crippen LogP contribution < -0.4 is 5.32 Å². The highest BCUT2D eigenvalue weighted by molar-refractivity contribution is 5.84. The number of nitrogens with one attached hydrogen (secondary N) is 1. The van der Waals surface area contributed by atoms with E-state index in [1.54, 1.807) is 0 Å². The number of likely N-dealkylation sites (tertiary alicyclic amines) is 1. The highest BCUT2D eigenvalue weighted by Gasteiger charge is 2.47. The lowest BCUT2D eigenvalue weighted by Crippen LogP contribution is -2.49. The zero-order chi connectivity index (χ0) is 18.1. The van der Waals surface area contributed by atoms with Gasteiger partial charge in [-0.05, 0) is 62.7 Å². The summed E-state index contributed by atoms with van der Waals surface area (Å²) in [6.07, 6.45) is 3.58. The van der Waals surface area contributed by atoms with E-state index < -0.39 is 0 Å². The standard InChI is InChI=1S/C21H28N2O3/c1-2-26-19(24)18-11-17(18)14-23-9-7-21(8-10-23)12-15-5-3-4-6-16(15)13-22-20(21)25/h3-6,17-18H,2,7-14H2,1H3,(H,22,25). The van der Waals surface area contributed by atoms with Crippen molar-refractivity contribution in [3.8, 4) is 0 Å². The van der Waals surface area contributed by atoms with Gasteiger partial charge < -0.3 is 15.0 Å². The van der Waals surface area contributed by atoms with E-state index in [1.807, 2.05) is 13.0 Å². The number of rotatable bonds is 4. The molecule has 1 aromatic rings. The van der Waals surface area contributed by atoms with Gasteiger partial charge in [0.05, 0.1) is 17.9 Å². The second kappa shape index (κ2) is 7.03. The van der Waals surface area contributed by atoms with Gasteiger partial charge in [-0.25, -0.2) is 0 Å². The number of nitrogens with zero attached hydrogens (tertiary/aromatic N) is 1. The SMILES string of the molecule is CCOC(=O)C1CC1CN1CCC2(CC1)Cc1ccccc1CNC2=O. The molecule has 2 heterocycles. The van der Waals surface area contributed by atoms with Crippen molar-refractivity contribution in [2.24, 2.45) is 17.3 Å². The minimum atomic E-state index is -0.271. The molecule has 1 saturated carbocycles. The zero-order valence-corrected chi connectivity index (χ0v) is 15.5. The van der Waals surface area contributed by atoms with Crippen molar-refractivity contribution in [3.63, 3.8) is 0 Å². The predicted molar refractivity (Wildman–Crippen MR) is 98.3 cm³/mol. The number of fused-ring (bicyclic) bond motifs is 1. The minimum absolute atomic E-state index is 0.0364. The van der Waals surface area contributed by atoms with Crippen LogP contribution in [0.15, 0.2) is 24.3 Å². The van der Waals surface area contributed by atoms with Gasteiger partial charge in [0.25, 0.3) is 0 Å². The molecule has 1 spiro atoms. The number of hydrogen-bond donors (Lipinski definition) is 1. The number of carbonyl (C=O) groups is 2. The van der Waals surface area contributed by atoms with Crippen molar-refractivity contribution in [3.05, 3.63) is 35.4 Å². The van der Waals surface area contributed by atoms with Crippen molar-refractivity contribution in [1.29, 1.82) is 0 Å². The molecule has 0 aromatic heterocycles. The molecule has 140 valence electrons. The molecule has 1 N–H and O–H groups in total. The molecule has 2 aliphatic heterocycles. The Morgan fingerprint density at radius 1 is 1.27 bits per heavy atom. The third kappa shape index (κ3) is 3.37. The van der Waals surface area contributed by atoms with Crippen LogP contribution in [-0.2, 0) is 27.3 Å². The first-order chi connectivity index (χ1) is 12.6. The van der Waals surface area contributed by atoms with E-state index in [1.165, 1.54) is 11.1 Å². The summed E-state index contributed by atoms with van der Waals surface area (Å²) in [4.78, 5) is 27.1. The second-order valence-corrected chi connectivity index (χ2v) is 8.06. The largest absolute Gasteiger partial charge is 0.466 e. The molecule has 5 heteroatoms. The van der Waals surface area contributed by atoms with Gasteiger partial charge >= 0.3 is 5.97 Å². The first-order valence-corrected chi connectivity index (χ1v) is 9.85. The number of ether oxygens (including phenoxy) is 1. The van der Waals surface area contributed by atoms with E-state index in [0.29, 0.717) is 19.1 Å². The summed E-state index contributed by atoms with van der Waals surface area (Å²) in [5, 5.41) is 3.15. The summed E-state index contributed by atoms with van der Waals surface area (Å²) in [6, 6.07) is 8.39. The van der Waals surface area contributed by atoms with Crippen LogP contribution in [0.2, 0.25) is 0 Å². The van der Waals surface area contributed by atoms with Crippen LogP contribution in [0.1, 0.15) is 37.3 Å². The number of amides is 1. The van der Waals surface area contributed by atoms with Gasteiger partial charge in [-0.2, -0.15) is 0 Å².